The third kappa shape index (κ3) is 7.33. The van der Waals surface area contributed by atoms with Gasteiger partial charge in [-0.15, -0.1) is 6.92 Å². The van der Waals surface area contributed by atoms with Crippen molar-refractivity contribution in [2.45, 2.75) is 34.6 Å². The van der Waals surface area contributed by atoms with Gasteiger partial charge in [-0.3, -0.25) is 6.08 Å². The maximum Gasteiger partial charge on any atom is 3.00 e. The Labute approximate surface area is 159 Å². The smallest absolute Gasteiger partial charge is 1.00 e. The molecule has 0 radical (unpaired) electrons. The molecule has 0 amide bonds. The van der Waals surface area contributed by atoms with E-state index >= 15 is 0 Å². The molecule has 3 N–H and O–H groups in total. The van der Waals surface area contributed by atoms with Gasteiger partial charge in [0, 0.05) is 0 Å². The van der Waals surface area contributed by atoms with Crippen molar-refractivity contribution >= 4 is 0 Å². The van der Waals surface area contributed by atoms with E-state index in [4.69, 9.17) is 0 Å². The van der Waals surface area contributed by atoms with E-state index in [9.17, 15) is 0 Å². The van der Waals surface area contributed by atoms with Crippen molar-refractivity contribution < 1.29 is 92.0 Å². The quantitative estimate of drug-likeness (QED) is 0.197. The normalized spacial score (nSPS) is 15.7. The molecule has 0 fully saturated rings. The van der Waals surface area contributed by atoms with E-state index in [1.54, 1.807) is 0 Å². The molecule has 94 valence electrons. The van der Waals surface area contributed by atoms with Crippen molar-refractivity contribution in [3.8, 4) is 0 Å². The van der Waals surface area contributed by atoms with E-state index in [1.807, 2.05) is 0 Å². The van der Waals surface area contributed by atoms with Gasteiger partial charge in [0.2, 0.25) is 0 Å². The monoisotopic (exact) mass is 726 g/mol. The molecule has 0 aromatic heterocycles. The fourth-order valence-corrected chi connectivity index (χ4v) is 1.41. The van der Waals surface area contributed by atoms with Crippen LogP contribution in [0.15, 0.2) is 16.7 Å². The fraction of sp³-hybridized carbons (Fsp3) is 0.600. The second kappa shape index (κ2) is 11.4. The summed E-state index contributed by atoms with van der Waals surface area (Å²) in [6.07, 6.45) is 3.44. The second-order valence-electron chi connectivity index (χ2n) is 3.62. The van der Waals surface area contributed by atoms with Crippen LogP contribution in [0.3, 0.4) is 0 Å². The standard InChI is InChI=1S/C10H15.3HI.Ir.H3N/c1-7-6-10(4,5)9(3)8(7)2;;;;;/h1-5H3;3*1H;;1H3/q-1;;;;+3;/p-3. The summed E-state index contributed by atoms with van der Waals surface area (Å²) >= 11 is 0. The molecule has 1 aliphatic rings. The van der Waals surface area contributed by atoms with Crippen LogP contribution in [0.5, 0.6) is 0 Å². The predicted octanol–water partition coefficient (Wildman–Crippen LogP) is -5.72. The van der Waals surface area contributed by atoms with Crippen LogP contribution < -0.4 is 78.1 Å². The average Bonchev–Trinajstić information content (AvgIpc) is 1.95. The molecule has 0 saturated heterocycles. The molecular weight excluding hydrogens is 707 g/mol. The molecule has 0 aromatic carbocycles. The molecule has 0 bridgehead atoms. The van der Waals surface area contributed by atoms with Crippen LogP contribution in [0.4, 0.5) is 0 Å². The Morgan fingerprint density at radius 2 is 1.27 bits per heavy atom. The van der Waals surface area contributed by atoms with E-state index in [1.165, 1.54) is 16.7 Å². The van der Waals surface area contributed by atoms with Crippen molar-refractivity contribution in [2.75, 3.05) is 0 Å². The van der Waals surface area contributed by atoms with Crippen LogP contribution >= 0.6 is 0 Å². The first kappa shape index (κ1) is 30.4. The van der Waals surface area contributed by atoms with E-state index < -0.39 is 0 Å². The van der Waals surface area contributed by atoms with E-state index in [0.717, 1.165) is 0 Å². The molecular formula is C10H18I3IrN-. The summed E-state index contributed by atoms with van der Waals surface area (Å²) in [5.74, 6) is 0. The van der Waals surface area contributed by atoms with Crippen molar-refractivity contribution in [2.24, 2.45) is 5.41 Å². The maximum atomic E-state index is 3.44. The summed E-state index contributed by atoms with van der Waals surface area (Å²) in [6, 6.07) is 0. The molecule has 0 spiro atoms. The van der Waals surface area contributed by atoms with Gasteiger partial charge in [-0.1, -0.05) is 33.1 Å². The van der Waals surface area contributed by atoms with E-state index in [0.29, 0.717) is 0 Å². The molecule has 15 heavy (non-hydrogen) atoms. The Morgan fingerprint density at radius 3 is 1.33 bits per heavy atom. The molecule has 0 saturated carbocycles. The molecule has 0 aromatic rings. The van der Waals surface area contributed by atoms with E-state index in [-0.39, 0.29) is 104 Å². The van der Waals surface area contributed by atoms with Crippen LogP contribution in [0.25, 0.3) is 0 Å². The number of halogens is 3. The van der Waals surface area contributed by atoms with Crippen molar-refractivity contribution in [3.05, 3.63) is 22.8 Å². The number of hydrogen-bond donors (Lipinski definition) is 1. The zero-order valence-electron chi connectivity index (χ0n) is 9.67. The van der Waals surface area contributed by atoms with Crippen molar-refractivity contribution in [1.82, 2.24) is 6.15 Å². The summed E-state index contributed by atoms with van der Waals surface area (Å²) < 4.78 is 0. The molecule has 0 aliphatic heterocycles. The predicted molar refractivity (Wildman–Crippen MR) is 49.6 cm³/mol. The molecule has 0 atom stereocenters. The van der Waals surface area contributed by atoms with Crippen LogP contribution in [0.2, 0.25) is 0 Å². The molecule has 1 aliphatic carbocycles. The first-order chi connectivity index (χ1) is 4.45. The number of allylic oxidation sites excluding steroid dienone is 4. The Kier molecular flexibility index (Phi) is 23.0. The first-order valence-electron chi connectivity index (χ1n) is 3.75. The topological polar surface area (TPSA) is 35.0 Å². The van der Waals surface area contributed by atoms with Gasteiger partial charge in [0.1, 0.15) is 0 Å². The summed E-state index contributed by atoms with van der Waals surface area (Å²) in [7, 11) is 0. The van der Waals surface area contributed by atoms with Gasteiger partial charge in [-0.05, 0) is 0 Å². The maximum absolute atomic E-state index is 3.44. The number of hydrogen-bond acceptors (Lipinski definition) is 1. The second-order valence-corrected chi connectivity index (χ2v) is 3.62. The zero-order valence-corrected chi connectivity index (χ0v) is 18.5. The minimum absolute atomic E-state index is 0. The van der Waals surface area contributed by atoms with Gasteiger partial charge in [0.05, 0.1) is 0 Å². The van der Waals surface area contributed by atoms with Crippen molar-refractivity contribution in [1.29, 1.82) is 0 Å². The summed E-state index contributed by atoms with van der Waals surface area (Å²) in [5, 5.41) is 0. The van der Waals surface area contributed by atoms with Crippen LogP contribution in [-0.4, -0.2) is 0 Å². The summed E-state index contributed by atoms with van der Waals surface area (Å²) in [6.45, 7) is 10.9. The average molecular weight is 725 g/mol. The van der Waals surface area contributed by atoms with Gasteiger partial charge in [0.15, 0.2) is 0 Å². The van der Waals surface area contributed by atoms with Gasteiger partial charge in [-0.2, -0.15) is 11.1 Å². The minimum atomic E-state index is 0. The molecule has 5 heteroatoms. The van der Waals surface area contributed by atoms with Crippen LogP contribution in [0, 0.1) is 11.5 Å². The van der Waals surface area contributed by atoms with E-state index in [2.05, 4.69) is 40.7 Å². The first-order valence-corrected chi connectivity index (χ1v) is 3.75. The SMILES string of the molecule is CC1=[C-]C(C)(C)C(C)=C1C.N.[I-].[I-].[I-].[Ir+3]. The Balaban J connectivity index is -0.0000000667. The van der Waals surface area contributed by atoms with Gasteiger partial charge in [0.25, 0.3) is 0 Å². The van der Waals surface area contributed by atoms with Gasteiger partial charge >= 0.3 is 20.1 Å². The molecule has 0 unspecified atom stereocenters. The van der Waals surface area contributed by atoms with Crippen LogP contribution in [0.1, 0.15) is 34.6 Å². The number of rotatable bonds is 0. The third-order valence-corrected chi connectivity index (χ3v) is 2.56. The van der Waals surface area contributed by atoms with Gasteiger partial charge in [-0.25, -0.2) is 5.57 Å². The Morgan fingerprint density at radius 1 is 0.933 bits per heavy atom. The minimum Gasteiger partial charge on any atom is -1.00 e. The fourth-order valence-electron chi connectivity index (χ4n) is 1.41. The largest absolute Gasteiger partial charge is 3.00 e. The molecule has 0 heterocycles. The Bertz CT molecular complexity index is 235. The van der Waals surface area contributed by atoms with Crippen LogP contribution in [-0.2, 0) is 20.1 Å². The van der Waals surface area contributed by atoms with Gasteiger partial charge < -0.3 is 78.1 Å². The Hall–Kier alpha value is 2.28. The summed E-state index contributed by atoms with van der Waals surface area (Å²) in [5.41, 5.74) is 4.39. The molecule has 1 rings (SSSR count). The summed E-state index contributed by atoms with van der Waals surface area (Å²) in [4.78, 5) is 0. The molecule has 1 nitrogen and oxygen atoms in total. The van der Waals surface area contributed by atoms with Crippen molar-refractivity contribution in [3.63, 3.8) is 0 Å². The zero-order chi connectivity index (χ0) is 7.94. The third-order valence-electron chi connectivity index (χ3n) is 2.56.